The summed E-state index contributed by atoms with van der Waals surface area (Å²) in [6, 6.07) is 9.48. The first kappa shape index (κ1) is 22.6. The number of amides is 1. The van der Waals surface area contributed by atoms with Crippen LogP contribution in [0.15, 0.2) is 54.9 Å². The summed E-state index contributed by atoms with van der Waals surface area (Å²) in [6.45, 7) is -0.105. The van der Waals surface area contributed by atoms with Crippen LogP contribution in [0.1, 0.15) is 11.1 Å². The van der Waals surface area contributed by atoms with Crippen LogP contribution in [-0.2, 0) is 12.6 Å². The number of benzene rings is 2. The Morgan fingerprint density at radius 1 is 1.09 bits per heavy atom. The average Bonchev–Trinajstić information content (AvgIpc) is 3.26. The molecule has 0 radical (unpaired) electrons. The molecular weight excluding hydrogens is 457 g/mol. The number of aromatic nitrogens is 4. The molecule has 0 unspecified atom stereocenters. The quantitative estimate of drug-likeness (QED) is 0.430. The topological polar surface area (TPSA) is 118 Å². The predicted octanol–water partition coefficient (Wildman–Crippen LogP) is 4.22. The van der Waals surface area contributed by atoms with Crippen LogP contribution in [0.25, 0.3) is 21.3 Å². The van der Waals surface area contributed by atoms with Crippen molar-refractivity contribution < 1.29 is 23.1 Å². The molecule has 0 spiro atoms. The molecule has 0 saturated heterocycles. The van der Waals surface area contributed by atoms with Crippen molar-refractivity contribution in [3.63, 3.8) is 0 Å². The SMILES string of the molecule is N[C@H](Cc1ccc(C(F)(F)F)cc1)CN(C(=O)O)c1nnc(-c2cccc3cnncc23)s1. The largest absolute Gasteiger partial charge is 0.465 e. The highest BCUT2D eigenvalue weighted by molar-refractivity contribution is 7.18. The van der Waals surface area contributed by atoms with Gasteiger partial charge in [-0.1, -0.05) is 41.7 Å². The molecular formula is C21H17F3N6O2S. The van der Waals surface area contributed by atoms with Gasteiger partial charge in [0.05, 0.1) is 18.0 Å². The molecule has 170 valence electrons. The number of rotatable bonds is 6. The average molecular weight is 474 g/mol. The summed E-state index contributed by atoms with van der Waals surface area (Å²) in [7, 11) is 0. The summed E-state index contributed by atoms with van der Waals surface area (Å²) in [5.74, 6) is 0. The fourth-order valence-electron chi connectivity index (χ4n) is 3.32. The Kier molecular flexibility index (Phi) is 6.20. The van der Waals surface area contributed by atoms with E-state index in [-0.39, 0.29) is 18.1 Å². The molecule has 2 aromatic heterocycles. The molecule has 8 nitrogen and oxygen atoms in total. The van der Waals surface area contributed by atoms with Gasteiger partial charge in [0.25, 0.3) is 0 Å². The van der Waals surface area contributed by atoms with Gasteiger partial charge in [-0.15, -0.1) is 10.2 Å². The van der Waals surface area contributed by atoms with Crippen LogP contribution in [0.3, 0.4) is 0 Å². The normalized spacial score (nSPS) is 12.6. The van der Waals surface area contributed by atoms with Gasteiger partial charge < -0.3 is 10.8 Å². The Morgan fingerprint density at radius 3 is 2.52 bits per heavy atom. The summed E-state index contributed by atoms with van der Waals surface area (Å²) in [5.41, 5.74) is 6.66. The summed E-state index contributed by atoms with van der Waals surface area (Å²) < 4.78 is 38.2. The van der Waals surface area contributed by atoms with E-state index in [2.05, 4.69) is 20.4 Å². The van der Waals surface area contributed by atoms with Crippen LogP contribution in [0, 0.1) is 0 Å². The van der Waals surface area contributed by atoms with E-state index < -0.39 is 23.9 Å². The number of alkyl halides is 3. The van der Waals surface area contributed by atoms with Crippen molar-refractivity contribution in [2.45, 2.75) is 18.6 Å². The smallest absolute Gasteiger partial charge is 0.416 e. The summed E-state index contributed by atoms with van der Waals surface area (Å²) >= 11 is 1.08. The first-order chi connectivity index (χ1) is 15.7. The number of halogens is 3. The molecule has 0 saturated carbocycles. The van der Waals surface area contributed by atoms with E-state index >= 15 is 0 Å². The van der Waals surface area contributed by atoms with Crippen LogP contribution in [0.5, 0.6) is 0 Å². The molecule has 4 rings (SSSR count). The summed E-state index contributed by atoms with van der Waals surface area (Å²) in [4.78, 5) is 12.9. The second-order valence-electron chi connectivity index (χ2n) is 7.24. The Morgan fingerprint density at radius 2 is 1.82 bits per heavy atom. The fraction of sp³-hybridized carbons (Fsp3) is 0.190. The first-order valence-corrected chi connectivity index (χ1v) is 10.5. The van der Waals surface area contributed by atoms with E-state index in [1.54, 1.807) is 12.4 Å². The van der Waals surface area contributed by atoms with Gasteiger partial charge in [0, 0.05) is 28.9 Å². The van der Waals surface area contributed by atoms with Crippen molar-refractivity contribution in [2.24, 2.45) is 5.73 Å². The van der Waals surface area contributed by atoms with E-state index in [4.69, 9.17) is 5.73 Å². The minimum atomic E-state index is -4.42. The maximum atomic E-state index is 12.7. The van der Waals surface area contributed by atoms with Crippen molar-refractivity contribution in [2.75, 3.05) is 11.4 Å². The minimum Gasteiger partial charge on any atom is -0.465 e. The zero-order valence-electron chi connectivity index (χ0n) is 16.9. The van der Waals surface area contributed by atoms with Crippen LogP contribution < -0.4 is 10.6 Å². The van der Waals surface area contributed by atoms with E-state index in [0.717, 1.165) is 44.7 Å². The number of hydrogen-bond donors (Lipinski definition) is 2. The molecule has 1 atom stereocenters. The van der Waals surface area contributed by atoms with Crippen LogP contribution in [0.2, 0.25) is 0 Å². The molecule has 0 bridgehead atoms. The van der Waals surface area contributed by atoms with Crippen molar-refractivity contribution in [3.05, 3.63) is 66.0 Å². The molecule has 0 aliphatic carbocycles. The molecule has 0 aliphatic rings. The van der Waals surface area contributed by atoms with Crippen LogP contribution in [-0.4, -0.2) is 44.2 Å². The number of hydrogen-bond acceptors (Lipinski definition) is 7. The third-order valence-corrected chi connectivity index (χ3v) is 5.87. The molecule has 33 heavy (non-hydrogen) atoms. The third-order valence-electron chi connectivity index (χ3n) is 4.89. The van der Waals surface area contributed by atoms with Crippen LogP contribution >= 0.6 is 11.3 Å². The van der Waals surface area contributed by atoms with Crippen molar-refractivity contribution in [3.8, 4) is 10.6 Å². The van der Waals surface area contributed by atoms with Gasteiger partial charge >= 0.3 is 12.3 Å². The molecule has 2 aromatic carbocycles. The first-order valence-electron chi connectivity index (χ1n) is 9.68. The Balaban J connectivity index is 1.51. The Bertz CT molecular complexity index is 1270. The molecule has 0 aliphatic heterocycles. The van der Waals surface area contributed by atoms with E-state index in [1.165, 1.54) is 12.1 Å². The highest BCUT2D eigenvalue weighted by Gasteiger charge is 2.30. The second-order valence-corrected chi connectivity index (χ2v) is 8.20. The lowest BCUT2D eigenvalue weighted by molar-refractivity contribution is -0.137. The number of carboxylic acid groups (broad SMARTS) is 1. The fourth-order valence-corrected chi connectivity index (χ4v) is 4.20. The molecule has 2 heterocycles. The zero-order valence-corrected chi connectivity index (χ0v) is 17.7. The molecule has 1 amide bonds. The Labute approximate surface area is 189 Å². The van der Waals surface area contributed by atoms with Crippen molar-refractivity contribution in [1.29, 1.82) is 0 Å². The second kappa shape index (κ2) is 9.08. The standard InChI is InChI=1S/C21H17F3N6O2S/c22-21(23,24)14-6-4-12(5-7-14)8-15(25)11-30(20(31)32)19-29-28-18(33-19)16-3-1-2-13-9-26-27-10-17(13)16/h1-7,9-10,15H,8,11,25H2,(H,31,32)/t15-/m1/s1. The van der Waals surface area contributed by atoms with Gasteiger partial charge in [-0.2, -0.15) is 23.4 Å². The van der Waals surface area contributed by atoms with E-state index in [1.807, 2.05) is 18.2 Å². The lowest BCUT2D eigenvalue weighted by Gasteiger charge is -2.20. The molecule has 3 N–H and O–H groups in total. The minimum absolute atomic E-state index is 0.105. The maximum absolute atomic E-state index is 12.7. The third kappa shape index (κ3) is 5.07. The number of anilines is 1. The predicted molar refractivity (Wildman–Crippen MR) is 117 cm³/mol. The van der Waals surface area contributed by atoms with Gasteiger partial charge in [0.2, 0.25) is 5.13 Å². The zero-order chi connectivity index (χ0) is 23.6. The van der Waals surface area contributed by atoms with Gasteiger partial charge in [0.1, 0.15) is 5.01 Å². The lowest BCUT2D eigenvalue weighted by atomic mass is 10.0. The van der Waals surface area contributed by atoms with Crippen molar-refractivity contribution >= 4 is 33.3 Å². The molecule has 0 fully saturated rings. The molecule has 12 heteroatoms. The van der Waals surface area contributed by atoms with E-state index in [0.29, 0.717) is 10.6 Å². The van der Waals surface area contributed by atoms with Crippen molar-refractivity contribution in [1.82, 2.24) is 20.4 Å². The van der Waals surface area contributed by atoms with Gasteiger partial charge in [-0.25, -0.2) is 4.79 Å². The maximum Gasteiger partial charge on any atom is 0.416 e. The monoisotopic (exact) mass is 474 g/mol. The number of nitrogens with two attached hydrogens (primary N) is 1. The van der Waals surface area contributed by atoms with Gasteiger partial charge in [-0.3, -0.25) is 4.90 Å². The highest BCUT2D eigenvalue weighted by Crippen LogP contribution is 2.33. The van der Waals surface area contributed by atoms with Gasteiger partial charge in [-0.05, 0) is 24.1 Å². The van der Waals surface area contributed by atoms with Crippen LogP contribution in [0.4, 0.5) is 23.1 Å². The van der Waals surface area contributed by atoms with Gasteiger partial charge in [0.15, 0.2) is 0 Å². The summed E-state index contributed by atoms with van der Waals surface area (Å²) in [5, 5.41) is 27.9. The number of fused-ring (bicyclic) bond motifs is 1. The highest BCUT2D eigenvalue weighted by atomic mass is 32.1. The lowest BCUT2D eigenvalue weighted by Crippen LogP contribution is -2.41. The number of carbonyl (C=O) groups is 1. The summed E-state index contributed by atoms with van der Waals surface area (Å²) in [6.07, 6.45) is -2.28. The van der Waals surface area contributed by atoms with E-state index in [9.17, 15) is 23.1 Å². The number of nitrogens with zero attached hydrogens (tertiary/aromatic N) is 5. The molecule has 4 aromatic rings. The Hall–Kier alpha value is -3.64.